The van der Waals surface area contributed by atoms with Gasteiger partial charge in [-0.2, -0.15) is 5.26 Å². The second-order valence-corrected chi connectivity index (χ2v) is 5.59. The van der Waals surface area contributed by atoms with E-state index in [9.17, 15) is 0 Å². The first-order valence-corrected chi connectivity index (χ1v) is 6.74. The largest absolute Gasteiger partial charge is 0.312 e. The molecule has 1 aromatic rings. The highest BCUT2D eigenvalue weighted by Crippen LogP contribution is 2.19. The maximum absolute atomic E-state index is 8.85. The third kappa shape index (κ3) is 4.50. The summed E-state index contributed by atoms with van der Waals surface area (Å²) in [6, 6.07) is 9.97. The first kappa shape index (κ1) is 14.7. The Morgan fingerprint density at radius 2 is 1.83 bits per heavy atom. The van der Waals surface area contributed by atoms with Gasteiger partial charge in [0.2, 0.25) is 0 Å². The quantitative estimate of drug-likeness (QED) is 0.830. The van der Waals surface area contributed by atoms with Crippen LogP contribution in [-0.2, 0) is 6.54 Å². The zero-order valence-corrected chi connectivity index (χ0v) is 11.9. The molecule has 0 heterocycles. The van der Waals surface area contributed by atoms with Crippen LogP contribution in [0.4, 0.5) is 0 Å². The van der Waals surface area contributed by atoms with Crippen molar-refractivity contribution in [1.82, 2.24) is 5.32 Å². The highest BCUT2D eigenvalue weighted by molar-refractivity contribution is 5.32. The van der Waals surface area contributed by atoms with E-state index in [2.05, 4.69) is 45.1 Å². The lowest BCUT2D eigenvalue weighted by Crippen LogP contribution is -2.29. The molecule has 1 aromatic carbocycles. The Hall–Kier alpha value is -1.33. The molecule has 0 unspecified atom stereocenters. The lowest BCUT2D eigenvalue weighted by Gasteiger charge is -2.25. The summed E-state index contributed by atoms with van der Waals surface area (Å²) in [5.41, 5.74) is 1.92. The Balaban J connectivity index is 2.48. The molecule has 0 aromatic heterocycles. The zero-order chi connectivity index (χ0) is 13.5. The van der Waals surface area contributed by atoms with E-state index in [-0.39, 0.29) is 0 Å². The second-order valence-electron chi connectivity index (χ2n) is 5.59. The summed E-state index contributed by atoms with van der Waals surface area (Å²) in [5.74, 6) is 2.09. The monoisotopic (exact) mass is 244 g/mol. The van der Waals surface area contributed by atoms with Gasteiger partial charge in [-0.15, -0.1) is 0 Å². The van der Waals surface area contributed by atoms with Gasteiger partial charge in [0.05, 0.1) is 11.6 Å². The number of nitrogens with zero attached hydrogens (tertiary/aromatic N) is 1. The smallest absolute Gasteiger partial charge is 0.0991 e. The summed E-state index contributed by atoms with van der Waals surface area (Å²) in [6.07, 6.45) is 0. The van der Waals surface area contributed by atoms with E-state index in [0.717, 1.165) is 18.7 Å². The summed E-state index contributed by atoms with van der Waals surface area (Å²) >= 11 is 0. The van der Waals surface area contributed by atoms with Crippen molar-refractivity contribution in [3.8, 4) is 6.07 Å². The molecule has 0 aliphatic heterocycles. The zero-order valence-electron chi connectivity index (χ0n) is 11.9. The van der Waals surface area contributed by atoms with Gasteiger partial charge in [-0.1, -0.05) is 39.8 Å². The van der Waals surface area contributed by atoms with Gasteiger partial charge in [0.15, 0.2) is 0 Å². The molecule has 0 bridgehead atoms. The molecule has 2 heteroatoms. The predicted octanol–water partition coefficient (Wildman–Crippen LogP) is 3.58. The Kier molecular flexibility index (Phi) is 5.88. The minimum Gasteiger partial charge on any atom is -0.312 e. The van der Waals surface area contributed by atoms with Crippen LogP contribution in [0.25, 0.3) is 0 Å². The summed E-state index contributed by atoms with van der Waals surface area (Å²) < 4.78 is 0. The lowest BCUT2D eigenvalue weighted by atomic mass is 9.85. The van der Waals surface area contributed by atoms with Crippen molar-refractivity contribution in [3.63, 3.8) is 0 Å². The molecule has 0 amide bonds. The molecule has 98 valence electrons. The molecule has 0 aliphatic carbocycles. The highest BCUT2D eigenvalue weighted by Gasteiger charge is 2.16. The molecule has 18 heavy (non-hydrogen) atoms. The molecular weight excluding hydrogens is 220 g/mol. The number of hydrogen-bond acceptors (Lipinski definition) is 2. The van der Waals surface area contributed by atoms with Crippen LogP contribution in [0, 0.1) is 29.1 Å². The van der Waals surface area contributed by atoms with Crippen molar-refractivity contribution >= 4 is 0 Å². The van der Waals surface area contributed by atoms with Crippen LogP contribution in [0.3, 0.4) is 0 Å². The van der Waals surface area contributed by atoms with Crippen LogP contribution in [0.15, 0.2) is 24.3 Å². The number of hydrogen-bond donors (Lipinski definition) is 1. The summed E-state index contributed by atoms with van der Waals surface area (Å²) in [5, 5.41) is 12.4. The molecule has 0 aliphatic rings. The SMILES string of the molecule is CC(C)C(CNCc1cccc(C#N)c1)C(C)C. The van der Waals surface area contributed by atoms with Crippen molar-refractivity contribution in [1.29, 1.82) is 5.26 Å². The van der Waals surface area contributed by atoms with Crippen molar-refractivity contribution < 1.29 is 0 Å². The second kappa shape index (κ2) is 7.18. The van der Waals surface area contributed by atoms with Gasteiger partial charge >= 0.3 is 0 Å². The average Bonchev–Trinajstić information content (AvgIpc) is 2.34. The number of rotatable bonds is 6. The number of benzene rings is 1. The van der Waals surface area contributed by atoms with E-state index in [1.165, 1.54) is 5.56 Å². The van der Waals surface area contributed by atoms with E-state index in [1.807, 2.05) is 18.2 Å². The van der Waals surface area contributed by atoms with Crippen LogP contribution >= 0.6 is 0 Å². The molecule has 0 saturated carbocycles. The van der Waals surface area contributed by atoms with Crippen molar-refractivity contribution in [2.24, 2.45) is 17.8 Å². The van der Waals surface area contributed by atoms with E-state index in [1.54, 1.807) is 0 Å². The van der Waals surface area contributed by atoms with Gasteiger partial charge in [-0.25, -0.2) is 0 Å². The minimum absolute atomic E-state index is 0.697. The topological polar surface area (TPSA) is 35.8 Å². The third-order valence-electron chi connectivity index (χ3n) is 3.48. The van der Waals surface area contributed by atoms with Crippen LogP contribution < -0.4 is 5.32 Å². The fourth-order valence-corrected chi connectivity index (χ4v) is 2.38. The molecule has 2 nitrogen and oxygen atoms in total. The first-order chi connectivity index (χ1) is 8.54. The normalized spacial score (nSPS) is 11.2. The molecule has 0 saturated heterocycles. The van der Waals surface area contributed by atoms with Crippen LogP contribution in [-0.4, -0.2) is 6.54 Å². The Bertz CT molecular complexity index is 394. The standard InChI is InChI=1S/C16H24N2/c1-12(2)16(13(3)4)11-18-10-15-7-5-6-14(8-15)9-17/h5-8,12-13,16,18H,10-11H2,1-4H3. The van der Waals surface area contributed by atoms with Gasteiger partial charge in [-0.05, 0) is 42.0 Å². The van der Waals surface area contributed by atoms with Gasteiger partial charge in [0, 0.05) is 6.54 Å². The fourth-order valence-electron chi connectivity index (χ4n) is 2.38. The molecule has 0 fully saturated rings. The van der Waals surface area contributed by atoms with Crippen LogP contribution in [0.2, 0.25) is 0 Å². The third-order valence-corrected chi connectivity index (χ3v) is 3.48. The van der Waals surface area contributed by atoms with E-state index in [0.29, 0.717) is 17.8 Å². The van der Waals surface area contributed by atoms with E-state index >= 15 is 0 Å². The van der Waals surface area contributed by atoms with Crippen molar-refractivity contribution in [2.75, 3.05) is 6.54 Å². The average molecular weight is 244 g/mol. The van der Waals surface area contributed by atoms with Crippen molar-refractivity contribution in [3.05, 3.63) is 35.4 Å². The van der Waals surface area contributed by atoms with E-state index < -0.39 is 0 Å². The lowest BCUT2D eigenvalue weighted by molar-refractivity contribution is 0.275. The molecule has 0 atom stereocenters. The molecule has 1 rings (SSSR count). The number of nitriles is 1. The maximum atomic E-state index is 8.85. The fraction of sp³-hybridized carbons (Fsp3) is 0.562. The Labute approximate surface area is 111 Å². The van der Waals surface area contributed by atoms with Gasteiger partial charge in [0.1, 0.15) is 0 Å². The van der Waals surface area contributed by atoms with Crippen LogP contribution in [0.1, 0.15) is 38.8 Å². The van der Waals surface area contributed by atoms with Gasteiger partial charge < -0.3 is 5.32 Å². The van der Waals surface area contributed by atoms with Gasteiger partial charge in [-0.3, -0.25) is 0 Å². The Morgan fingerprint density at radius 1 is 1.17 bits per heavy atom. The number of nitrogens with one attached hydrogen (secondary N) is 1. The first-order valence-electron chi connectivity index (χ1n) is 6.74. The summed E-state index contributed by atoms with van der Waals surface area (Å²) in [4.78, 5) is 0. The van der Waals surface area contributed by atoms with Crippen LogP contribution in [0.5, 0.6) is 0 Å². The predicted molar refractivity (Wildman–Crippen MR) is 76.0 cm³/mol. The highest BCUT2D eigenvalue weighted by atomic mass is 14.9. The summed E-state index contributed by atoms with van der Waals surface area (Å²) in [6.45, 7) is 11.0. The van der Waals surface area contributed by atoms with Gasteiger partial charge in [0.25, 0.3) is 0 Å². The van der Waals surface area contributed by atoms with E-state index in [4.69, 9.17) is 5.26 Å². The molecular formula is C16H24N2. The molecule has 0 radical (unpaired) electrons. The minimum atomic E-state index is 0.697. The molecule has 0 spiro atoms. The van der Waals surface area contributed by atoms with Crippen molar-refractivity contribution in [2.45, 2.75) is 34.2 Å². The molecule has 1 N–H and O–H groups in total. The summed E-state index contributed by atoms with van der Waals surface area (Å²) in [7, 11) is 0. The maximum Gasteiger partial charge on any atom is 0.0991 e. The Morgan fingerprint density at radius 3 is 2.39 bits per heavy atom.